The van der Waals surface area contributed by atoms with Gasteiger partial charge in [0.15, 0.2) is 11.5 Å². The molecule has 1 saturated heterocycles. The average molecular weight is 379 g/mol. The Balaban J connectivity index is 1.52. The summed E-state index contributed by atoms with van der Waals surface area (Å²) in [6.07, 6.45) is 3.55. The largest absolute Gasteiger partial charge is 0.395 e. The Bertz CT molecular complexity index is 960. The molecule has 0 amide bonds. The molecule has 1 fully saturated rings. The molecular formula is C20H25N7O. The highest BCUT2D eigenvalue weighted by molar-refractivity contribution is 5.80. The number of piperazine rings is 1. The second-order valence-electron chi connectivity index (χ2n) is 6.94. The van der Waals surface area contributed by atoms with Crippen molar-refractivity contribution in [2.45, 2.75) is 6.92 Å². The molecule has 0 bridgehead atoms. The highest BCUT2D eigenvalue weighted by atomic mass is 16.3. The molecule has 0 aliphatic carbocycles. The Morgan fingerprint density at radius 2 is 2.04 bits per heavy atom. The maximum absolute atomic E-state index is 9.13. The van der Waals surface area contributed by atoms with E-state index in [1.54, 1.807) is 12.4 Å². The highest BCUT2D eigenvalue weighted by Crippen LogP contribution is 2.21. The number of benzene rings is 1. The number of rotatable bonds is 6. The summed E-state index contributed by atoms with van der Waals surface area (Å²) in [4.78, 5) is 9.15. The summed E-state index contributed by atoms with van der Waals surface area (Å²) in [5, 5.41) is 17.9. The number of aliphatic hydroxyl groups excluding tert-OH is 1. The smallest absolute Gasteiger partial charge is 0.159 e. The Hall–Kier alpha value is -2.97. The van der Waals surface area contributed by atoms with E-state index >= 15 is 0 Å². The fourth-order valence-electron chi connectivity index (χ4n) is 3.44. The summed E-state index contributed by atoms with van der Waals surface area (Å²) in [7, 11) is 0. The number of aromatic nitrogens is 3. The summed E-state index contributed by atoms with van der Waals surface area (Å²) >= 11 is 0. The average Bonchev–Trinajstić information content (AvgIpc) is 3.17. The van der Waals surface area contributed by atoms with Gasteiger partial charge in [-0.3, -0.25) is 10.3 Å². The number of aryl methyl sites for hydroxylation is 1. The van der Waals surface area contributed by atoms with Gasteiger partial charge in [0.2, 0.25) is 0 Å². The quantitative estimate of drug-likeness (QED) is 0.500. The van der Waals surface area contributed by atoms with Gasteiger partial charge < -0.3 is 10.0 Å². The van der Waals surface area contributed by atoms with Crippen LogP contribution in [-0.2, 0) is 0 Å². The maximum atomic E-state index is 9.13. The maximum Gasteiger partial charge on any atom is 0.159 e. The van der Waals surface area contributed by atoms with E-state index in [0.29, 0.717) is 5.82 Å². The Morgan fingerprint density at radius 3 is 2.82 bits per heavy atom. The standard InChI is InChI=1S/C20H25N7O/c1-16-3-2-4-17(13-16)15-21-24-18-14-20(27-19(23-18)5-6-22-27)26-9-7-25(8-10-26)11-12-28/h2-6,13-15,28H,7-12H2,1H3,(H,23,24). The second kappa shape index (κ2) is 8.37. The lowest BCUT2D eigenvalue weighted by Crippen LogP contribution is -2.47. The van der Waals surface area contributed by atoms with Crippen LogP contribution in [0, 0.1) is 6.92 Å². The molecule has 1 aromatic carbocycles. The van der Waals surface area contributed by atoms with E-state index in [4.69, 9.17) is 5.11 Å². The summed E-state index contributed by atoms with van der Waals surface area (Å²) < 4.78 is 1.86. The van der Waals surface area contributed by atoms with Crippen LogP contribution in [0.2, 0.25) is 0 Å². The fourth-order valence-corrected chi connectivity index (χ4v) is 3.44. The van der Waals surface area contributed by atoms with Gasteiger partial charge in [0.05, 0.1) is 19.0 Å². The molecule has 8 heteroatoms. The molecule has 146 valence electrons. The van der Waals surface area contributed by atoms with Crippen LogP contribution in [0.4, 0.5) is 11.6 Å². The third kappa shape index (κ3) is 4.13. The van der Waals surface area contributed by atoms with Crippen molar-refractivity contribution in [2.75, 3.05) is 49.7 Å². The molecule has 4 rings (SSSR count). The molecule has 28 heavy (non-hydrogen) atoms. The number of anilines is 2. The fraction of sp³-hybridized carbons (Fsp3) is 0.350. The minimum Gasteiger partial charge on any atom is -0.395 e. The van der Waals surface area contributed by atoms with Crippen molar-refractivity contribution in [3.05, 3.63) is 53.7 Å². The predicted octanol–water partition coefficient (Wildman–Crippen LogP) is 1.60. The first-order valence-corrected chi connectivity index (χ1v) is 9.51. The van der Waals surface area contributed by atoms with Crippen LogP contribution in [0.1, 0.15) is 11.1 Å². The summed E-state index contributed by atoms with van der Waals surface area (Å²) in [6.45, 7) is 6.58. The van der Waals surface area contributed by atoms with E-state index in [1.165, 1.54) is 5.56 Å². The number of nitrogens with zero attached hydrogens (tertiary/aromatic N) is 6. The SMILES string of the molecule is Cc1cccc(C=NNc2cc(N3CCN(CCO)CC3)n3nccc3n2)c1. The Labute approximate surface area is 164 Å². The van der Waals surface area contributed by atoms with Crippen LogP contribution in [0.15, 0.2) is 47.7 Å². The van der Waals surface area contributed by atoms with Crippen LogP contribution < -0.4 is 10.3 Å². The molecule has 0 atom stereocenters. The summed E-state index contributed by atoms with van der Waals surface area (Å²) in [5.74, 6) is 1.68. The molecule has 0 spiro atoms. The Kier molecular flexibility index (Phi) is 5.50. The lowest BCUT2D eigenvalue weighted by atomic mass is 10.2. The molecule has 1 aliphatic rings. The van der Waals surface area contributed by atoms with Crippen molar-refractivity contribution >= 4 is 23.5 Å². The number of hydrogen-bond donors (Lipinski definition) is 2. The number of fused-ring (bicyclic) bond motifs is 1. The third-order valence-electron chi connectivity index (χ3n) is 4.89. The zero-order valence-electron chi connectivity index (χ0n) is 16.0. The first kappa shape index (κ1) is 18.4. The number of hydrazone groups is 1. The first-order chi connectivity index (χ1) is 13.7. The molecule has 2 N–H and O–H groups in total. The van der Waals surface area contributed by atoms with Gasteiger partial charge >= 0.3 is 0 Å². The number of nitrogens with one attached hydrogen (secondary N) is 1. The minimum absolute atomic E-state index is 0.200. The van der Waals surface area contributed by atoms with Crippen LogP contribution in [0.3, 0.4) is 0 Å². The minimum atomic E-state index is 0.200. The van der Waals surface area contributed by atoms with E-state index in [9.17, 15) is 0 Å². The van der Waals surface area contributed by atoms with Crippen molar-refractivity contribution in [1.82, 2.24) is 19.5 Å². The Morgan fingerprint density at radius 1 is 1.18 bits per heavy atom. The third-order valence-corrected chi connectivity index (χ3v) is 4.89. The monoisotopic (exact) mass is 379 g/mol. The van der Waals surface area contributed by atoms with Crippen LogP contribution in [-0.4, -0.2) is 70.1 Å². The molecule has 3 aromatic rings. The molecule has 0 unspecified atom stereocenters. The van der Waals surface area contributed by atoms with Crippen LogP contribution in [0.5, 0.6) is 0 Å². The summed E-state index contributed by atoms with van der Waals surface area (Å²) in [6, 6.07) is 12.0. The van der Waals surface area contributed by atoms with Gasteiger partial charge in [-0.1, -0.05) is 29.8 Å². The lowest BCUT2D eigenvalue weighted by Gasteiger charge is -2.35. The normalized spacial score (nSPS) is 15.6. The van der Waals surface area contributed by atoms with Crippen molar-refractivity contribution < 1.29 is 5.11 Å². The van der Waals surface area contributed by atoms with Gasteiger partial charge in [0.1, 0.15) is 5.82 Å². The highest BCUT2D eigenvalue weighted by Gasteiger charge is 2.20. The van der Waals surface area contributed by atoms with E-state index in [-0.39, 0.29) is 6.61 Å². The van der Waals surface area contributed by atoms with Crippen molar-refractivity contribution in [1.29, 1.82) is 0 Å². The number of hydrogen-bond acceptors (Lipinski definition) is 7. The van der Waals surface area contributed by atoms with Crippen molar-refractivity contribution in [2.24, 2.45) is 5.10 Å². The zero-order valence-corrected chi connectivity index (χ0v) is 16.0. The van der Waals surface area contributed by atoms with Gasteiger partial charge in [-0.25, -0.2) is 4.98 Å². The van der Waals surface area contributed by atoms with Gasteiger partial charge in [-0.2, -0.15) is 14.7 Å². The second-order valence-corrected chi connectivity index (χ2v) is 6.94. The van der Waals surface area contributed by atoms with Gasteiger partial charge in [0, 0.05) is 44.9 Å². The molecule has 0 saturated carbocycles. The topological polar surface area (TPSA) is 81.3 Å². The zero-order chi connectivity index (χ0) is 19.3. The molecular weight excluding hydrogens is 354 g/mol. The van der Waals surface area contributed by atoms with Crippen LogP contribution in [0.25, 0.3) is 5.65 Å². The van der Waals surface area contributed by atoms with E-state index in [1.807, 2.05) is 28.8 Å². The van der Waals surface area contributed by atoms with Crippen molar-refractivity contribution in [3.63, 3.8) is 0 Å². The summed E-state index contributed by atoms with van der Waals surface area (Å²) in [5.41, 5.74) is 6.07. The predicted molar refractivity (Wildman–Crippen MR) is 111 cm³/mol. The van der Waals surface area contributed by atoms with Crippen LogP contribution >= 0.6 is 0 Å². The van der Waals surface area contributed by atoms with Gasteiger partial charge in [-0.05, 0) is 12.5 Å². The molecule has 2 aromatic heterocycles. The van der Waals surface area contributed by atoms with E-state index in [0.717, 1.165) is 49.8 Å². The molecule has 3 heterocycles. The van der Waals surface area contributed by atoms with Gasteiger partial charge in [0.25, 0.3) is 0 Å². The molecule has 8 nitrogen and oxygen atoms in total. The van der Waals surface area contributed by atoms with Gasteiger partial charge in [-0.15, -0.1) is 0 Å². The number of β-amino-alcohol motifs (C(OH)–C–C–N with tert-alkyl or cyclic N) is 1. The van der Waals surface area contributed by atoms with E-state index in [2.05, 4.69) is 49.5 Å². The lowest BCUT2D eigenvalue weighted by molar-refractivity contribution is 0.188. The van der Waals surface area contributed by atoms with E-state index < -0.39 is 0 Å². The number of aliphatic hydroxyl groups is 1. The molecule has 1 aliphatic heterocycles. The first-order valence-electron chi connectivity index (χ1n) is 9.51. The molecule has 0 radical (unpaired) electrons. The van der Waals surface area contributed by atoms with Crippen molar-refractivity contribution in [3.8, 4) is 0 Å².